The van der Waals surface area contributed by atoms with Crippen LogP contribution < -0.4 is 5.32 Å². The van der Waals surface area contributed by atoms with E-state index in [0.717, 1.165) is 0 Å². The number of nitro groups is 1. The number of amides is 2. The number of rotatable bonds is 5. The molecule has 3 aromatic carbocycles. The second kappa shape index (κ2) is 10.1. The SMILES string of the molecule is O=C(Nc1ccc([N+](=O)[O-])cc1)C(=O)N1CCN(C(c2ccccc2)c2ccccc2)CC1. The molecule has 1 aliphatic heterocycles. The predicted molar refractivity (Wildman–Crippen MR) is 125 cm³/mol. The smallest absolute Gasteiger partial charge is 0.313 e. The summed E-state index contributed by atoms with van der Waals surface area (Å²) in [5, 5.41) is 13.3. The number of nitro benzene ring substituents is 1. The van der Waals surface area contributed by atoms with Crippen LogP contribution >= 0.6 is 0 Å². The molecule has 4 rings (SSSR count). The van der Waals surface area contributed by atoms with Crippen LogP contribution in [0.5, 0.6) is 0 Å². The van der Waals surface area contributed by atoms with E-state index in [2.05, 4.69) is 34.5 Å². The molecule has 0 aromatic heterocycles. The van der Waals surface area contributed by atoms with E-state index < -0.39 is 16.7 Å². The molecule has 8 nitrogen and oxygen atoms in total. The van der Waals surface area contributed by atoms with Crippen LogP contribution in [-0.4, -0.2) is 52.7 Å². The number of carbonyl (C=O) groups excluding carboxylic acids is 2. The van der Waals surface area contributed by atoms with Crippen molar-refractivity contribution in [2.75, 3.05) is 31.5 Å². The number of nitrogens with one attached hydrogen (secondary N) is 1. The van der Waals surface area contributed by atoms with Gasteiger partial charge in [0, 0.05) is 44.0 Å². The predicted octanol–water partition coefficient (Wildman–Crippen LogP) is 3.47. The van der Waals surface area contributed by atoms with Gasteiger partial charge in [-0.1, -0.05) is 60.7 Å². The first kappa shape index (κ1) is 22.2. The molecule has 8 heteroatoms. The second-order valence-corrected chi connectivity index (χ2v) is 7.81. The van der Waals surface area contributed by atoms with Crippen LogP contribution in [-0.2, 0) is 9.59 Å². The lowest BCUT2D eigenvalue weighted by Gasteiger charge is -2.39. The average Bonchev–Trinajstić information content (AvgIpc) is 2.86. The van der Waals surface area contributed by atoms with Gasteiger partial charge in [0.05, 0.1) is 11.0 Å². The molecule has 168 valence electrons. The van der Waals surface area contributed by atoms with Gasteiger partial charge in [-0.3, -0.25) is 24.6 Å². The van der Waals surface area contributed by atoms with Gasteiger partial charge in [-0.2, -0.15) is 0 Å². The highest BCUT2D eigenvalue weighted by Crippen LogP contribution is 2.29. The molecule has 2 amide bonds. The maximum absolute atomic E-state index is 12.7. The summed E-state index contributed by atoms with van der Waals surface area (Å²) in [4.78, 5) is 39.2. The Labute approximate surface area is 191 Å². The quantitative estimate of drug-likeness (QED) is 0.369. The van der Waals surface area contributed by atoms with Crippen LogP contribution in [0.1, 0.15) is 17.2 Å². The van der Waals surface area contributed by atoms with Crippen LogP contribution in [0.2, 0.25) is 0 Å². The van der Waals surface area contributed by atoms with E-state index >= 15 is 0 Å². The summed E-state index contributed by atoms with van der Waals surface area (Å²) in [5.41, 5.74) is 2.62. The van der Waals surface area contributed by atoms with Crippen molar-refractivity contribution in [2.45, 2.75) is 6.04 Å². The standard InChI is InChI=1S/C25H24N4O4/c30-24(26-21-11-13-22(14-12-21)29(32)33)25(31)28-17-15-27(16-18-28)23(19-7-3-1-4-8-19)20-9-5-2-6-10-20/h1-14,23H,15-18H2,(H,26,30). The Kier molecular flexibility index (Phi) is 6.75. The Balaban J connectivity index is 1.40. The molecule has 0 aliphatic carbocycles. The van der Waals surface area contributed by atoms with Gasteiger partial charge in [0.1, 0.15) is 0 Å². The number of hydrogen-bond acceptors (Lipinski definition) is 5. The molecule has 1 heterocycles. The lowest BCUT2D eigenvalue weighted by Crippen LogP contribution is -2.52. The molecule has 1 N–H and O–H groups in total. The van der Waals surface area contributed by atoms with Crippen molar-refractivity contribution in [1.82, 2.24) is 9.80 Å². The van der Waals surface area contributed by atoms with Gasteiger partial charge in [-0.05, 0) is 23.3 Å². The van der Waals surface area contributed by atoms with Crippen LogP contribution in [0.15, 0.2) is 84.9 Å². The van der Waals surface area contributed by atoms with Crippen LogP contribution in [0, 0.1) is 10.1 Å². The van der Waals surface area contributed by atoms with Crippen molar-refractivity contribution >= 4 is 23.2 Å². The third-order valence-electron chi connectivity index (χ3n) is 5.73. The fourth-order valence-electron chi connectivity index (χ4n) is 4.06. The number of carbonyl (C=O) groups is 2. The summed E-state index contributed by atoms with van der Waals surface area (Å²) < 4.78 is 0. The Morgan fingerprint density at radius 2 is 1.30 bits per heavy atom. The van der Waals surface area contributed by atoms with Crippen molar-refractivity contribution in [3.8, 4) is 0 Å². The minimum Gasteiger partial charge on any atom is -0.332 e. The molecule has 33 heavy (non-hydrogen) atoms. The molecule has 0 radical (unpaired) electrons. The highest BCUT2D eigenvalue weighted by Gasteiger charge is 2.30. The van der Waals surface area contributed by atoms with Crippen molar-refractivity contribution < 1.29 is 14.5 Å². The number of hydrogen-bond donors (Lipinski definition) is 1. The van der Waals surface area contributed by atoms with Gasteiger partial charge >= 0.3 is 11.8 Å². The van der Waals surface area contributed by atoms with E-state index in [0.29, 0.717) is 31.9 Å². The highest BCUT2D eigenvalue weighted by molar-refractivity contribution is 6.39. The molecule has 0 bridgehead atoms. The molecule has 0 spiro atoms. The summed E-state index contributed by atoms with van der Waals surface area (Å²) in [6, 6.07) is 25.9. The molecular formula is C25H24N4O4. The lowest BCUT2D eigenvalue weighted by molar-refractivity contribution is -0.384. The summed E-state index contributed by atoms with van der Waals surface area (Å²) in [7, 11) is 0. The van der Waals surface area contributed by atoms with E-state index in [9.17, 15) is 19.7 Å². The summed E-state index contributed by atoms with van der Waals surface area (Å²) in [6.45, 7) is 2.13. The monoisotopic (exact) mass is 444 g/mol. The van der Waals surface area contributed by atoms with Crippen LogP contribution in [0.3, 0.4) is 0 Å². The third-order valence-corrected chi connectivity index (χ3v) is 5.73. The summed E-state index contributed by atoms with van der Waals surface area (Å²) in [6.07, 6.45) is 0. The van der Waals surface area contributed by atoms with E-state index in [1.54, 1.807) is 4.90 Å². The van der Waals surface area contributed by atoms with Crippen molar-refractivity contribution in [1.29, 1.82) is 0 Å². The van der Waals surface area contributed by atoms with Gasteiger partial charge in [-0.15, -0.1) is 0 Å². The number of anilines is 1. The molecular weight excluding hydrogens is 420 g/mol. The number of benzene rings is 3. The second-order valence-electron chi connectivity index (χ2n) is 7.81. The minimum absolute atomic E-state index is 0.0681. The lowest BCUT2D eigenvalue weighted by atomic mass is 9.96. The molecule has 1 fully saturated rings. The zero-order valence-corrected chi connectivity index (χ0v) is 18.0. The zero-order chi connectivity index (χ0) is 23.2. The van der Waals surface area contributed by atoms with Crippen LogP contribution in [0.4, 0.5) is 11.4 Å². The Morgan fingerprint density at radius 3 is 1.79 bits per heavy atom. The molecule has 0 atom stereocenters. The molecule has 0 saturated carbocycles. The van der Waals surface area contributed by atoms with Gasteiger partial charge < -0.3 is 10.2 Å². The third kappa shape index (κ3) is 5.24. The number of nitrogens with zero attached hydrogens (tertiary/aromatic N) is 3. The maximum atomic E-state index is 12.7. The molecule has 3 aromatic rings. The summed E-state index contributed by atoms with van der Waals surface area (Å²) >= 11 is 0. The number of non-ortho nitro benzene ring substituents is 1. The van der Waals surface area contributed by atoms with Crippen molar-refractivity contribution in [3.05, 3.63) is 106 Å². The Morgan fingerprint density at radius 1 is 0.788 bits per heavy atom. The number of piperazine rings is 1. The first-order chi connectivity index (χ1) is 16.0. The fourth-order valence-corrected chi connectivity index (χ4v) is 4.06. The van der Waals surface area contributed by atoms with Gasteiger partial charge in [0.2, 0.25) is 0 Å². The first-order valence-corrected chi connectivity index (χ1v) is 10.7. The van der Waals surface area contributed by atoms with E-state index in [4.69, 9.17) is 0 Å². The summed E-state index contributed by atoms with van der Waals surface area (Å²) in [5.74, 6) is -1.36. The first-order valence-electron chi connectivity index (χ1n) is 10.7. The normalized spacial score (nSPS) is 14.2. The zero-order valence-electron chi connectivity index (χ0n) is 18.0. The Bertz CT molecular complexity index is 1070. The topological polar surface area (TPSA) is 95.8 Å². The molecule has 1 saturated heterocycles. The van der Waals surface area contributed by atoms with Crippen molar-refractivity contribution in [3.63, 3.8) is 0 Å². The average molecular weight is 444 g/mol. The van der Waals surface area contributed by atoms with Gasteiger partial charge in [0.25, 0.3) is 5.69 Å². The van der Waals surface area contributed by atoms with E-state index in [1.165, 1.54) is 35.4 Å². The van der Waals surface area contributed by atoms with Gasteiger partial charge in [0.15, 0.2) is 0 Å². The van der Waals surface area contributed by atoms with Gasteiger partial charge in [-0.25, -0.2) is 0 Å². The highest BCUT2D eigenvalue weighted by atomic mass is 16.6. The fraction of sp³-hybridized carbons (Fsp3) is 0.200. The largest absolute Gasteiger partial charge is 0.332 e. The van der Waals surface area contributed by atoms with Crippen molar-refractivity contribution in [2.24, 2.45) is 0 Å². The molecule has 1 aliphatic rings. The molecule has 0 unspecified atom stereocenters. The maximum Gasteiger partial charge on any atom is 0.313 e. The Hall–Kier alpha value is -4.04. The van der Waals surface area contributed by atoms with Crippen LogP contribution in [0.25, 0.3) is 0 Å². The van der Waals surface area contributed by atoms with E-state index in [-0.39, 0.29) is 11.7 Å². The minimum atomic E-state index is -0.750. The van der Waals surface area contributed by atoms with E-state index in [1.807, 2.05) is 36.4 Å².